The van der Waals surface area contributed by atoms with Crippen LogP contribution < -0.4 is 11.0 Å². The summed E-state index contributed by atoms with van der Waals surface area (Å²) in [5, 5.41) is 2.61. The molecule has 0 fully saturated rings. The van der Waals surface area contributed by atoms with E-state index in [-0.39, 0.29) is 5.91 Å². The van der Waals surface area contributed by atoms with Crippen molar-refractivity contribution in [2.75, 3.05) is 5.32 Å². The average Bonchev–Trinajstić information content (AvgIpc) is 2.24. The number of carbonyl (C=O) groups is 1. The van der Waals surface area contributed by atoms with Crippen molar-refractivity contribution in [3.05, 3.63) is 22.7 Å². The Balaban J connectivity index is 2.78. The fourth-order valence-corrected chi connectivity index (χ4v) is 1.42. The highest BCUT2D eigenvalue weighted by molar-refractivity contribution is 5.99. The number of hydrogen-bond acceptors (Lipinski definition) is 3. The van der Waals surface area contributed by atoms with Crippen molar-refractivity contribution in [1.82, 2.24) is 9.55 Å². The van der Waals surface area contributed by atoms with Crippen molar-refractivity contribution in [1.29, 1.82) is 0 Å². The Hall–Kier alpha value is -1.65. The van der Waals surface area contributed by atoms with Crippen LogP contribution in [0.5, 0.6) is 0 Å². The smallest absolute Gasteiger partial charge is 0.310 e. The lowest BCUT2D eigenvalue weighted by Crippen LogP contribution is -2.38. The Morgan fingerprint density at radius 3 is 2.77 bits per heavy atom. The molecule has 0 aliphatic carbocycles. The minimum atomic E-state index is -0.833. The number of nitrogens with one attached hydrogen (secondary N) is 1. The van der Waals surface area contributed by atoms with Crippen molar-refractivity contribution < 1.29 is 4.79 Å². The molecular weight excluding hydrogens is 170 g/mol. The number of carbonyl (C=O) groups excluding carboxylic acids is 1. The molecule has 68 valence electrons. The zero-order valence-corrected chi connectivity index (χ0v) is 7.37. The van der Waals surface area contributed by atoms with Gasteiger partial charge in [0.15, 0.2) is 0 Å². The largest absolute Gasteiger partial charge is 0.350 e. The van der Waals surface area contributed by atoms with E-state index in [0.717, 1.165) is 0 Å². The summed E-state index contributed by atoms with van der Waals surface area (Å²) in [6.07, 6.45) is 1.38. The van der Waals surface area contributed by atoms with Gasteiger partial charge in [0.05, 0.1) is 0 Å². The molecule has 0 atom stereocenters. The highest BCUT2D eigenvalue weighted by atomic mass is 16.2. The van der Waals surface area contributed by atoms with E-state index in [1.165, 1.54) is 10.8 Å². The van der Waals surface area contributed by atoms with Crippen LogP contribution >= 0.6 is 0 Å². The first-order valence-electron chi connectivity index (χ1n) is 3.93. The number of aromatic nitrogens is 2. The van der Waals surface area contributed by atoms with Gasteiger partial charge in [-0.15, -0.1) is 0 Å². The summed E-state index contributed by atoms with van der Waals surface area (Å²) < 4.78 is 1.36. The second kappa shape index (κ2) is 2.18. The molecular formula is C8H9N3O2. The lowest BCUT2D eigenvalue weighted by atomic mass is 10.1. The molecule has 1 aromatic rings. The summed E-state index contributed by atoms with van der Waals surface area (Å²) >= 11 is 0. The monoisotopic (exact) mass is 179 g/mol. The third-order valence-electron chi connectivity index (χ3n) is 2.21. The zero-order valence-electron chi connectivity index (χ0n) is 7.37. The quantitative estimate of drug-likeness (QED) is 0.606. The molecule has 0 saturated carbocycles. The molecule has 5 heteroatoms. The fourth-order valence-electron chi connectivity index (χ4n) is 1.42. The number of anilines is 1. The summed E-state index contributed by atoms with van der Waals surface area (Å²) in [6, 6.07) is 1.61. The van der Waals surface area contributed by atoms with E-state index in [9.17, 15) is 9.59 Å². The molecule has 0 radical (unpaired) electrons. The molecule has 1 aromatic heterocycles. The maximum atomic E-state index is 11.4. The second-order valence-electron chi connectivity index (χ2n) is 3.46. The predicted octanol–water partition coefficient (Wildman–Crippen LogP) is -0.0695. The number of fused-ring (bicyclic) bond motifs is 1. The molecule has 13 heavy (non-hydrogen) atoms. The van der Waals surface area contributed by atoms with Crippen LogP contribution in [0.4, 0.5) is 5.82 Å². The molecule has 0 aromatic carbocycles. The Kier molecular flexibility index (Phi) is 1.34. The molecule has 5 nitrogen and oxygen atoms in total. The van der Waals surface area contributed by atoms with Gasteiger partial charge in [-0.05, 0) is 19.9 Å². The van der Waals surface area contributed by atoms with Crippen LogP contribution in [-0.4, -0.2) is 15.5 Å². The van der Waals surface area contributed by atoms with Gasteiger partial charge in [0, 0.05) is 6.20 Å². The highest BCUT2D eigenvalue weighted by Gasteiger charge is 2.38. The predicted molar refractivity (Wildman–Crippen MR) is 46.4 cm³/mol. The van der Waals surface area contributed by atoms with Gasteiger partial charge in [0.1, 0.15) is 11.4 Å². The van der Waals surface area contributed by atoms with Gasteiger partial charge in [-0.2, -0.15) is 0 Å². The Morgan fingerprint density at radius 1 is 1.46 bits per heavy atom. The van der Waals surface area contributed by atoms with Crippen LogP contribution in [0.3, 0.4) is 0 Å². The standard InChI is InChI=1S/C8H9N3O2/c1-8(2)6(12)10-5-3-4-9-7(13)11(5)8/h3-4H,1-2H3,(H,10,12). The minimum Gasteiger partial charge on any atom is -0.310 e. The summed E-state index contributed by atoms with van der Waals surface area (Å²) in [4.78, 5) is 26.3. The fraction of sp³-hybridized carbons (Fsp3) is 0.375. The maximum absolute atomic E-state index is 11.4. The molecule has 1 aliphatic heterocycles. The number of nitrogens with zero attached hydrogens (tertiary/aromatic N) is 2. The number of rotatable bonds is 0. The van der Waals surface area contributed by atoms with E-state index in [0.29, 0.717) is 5.82 Å². The van der Waals surface area contributed by atoms with E-state index in [1.807, 2.05) is 0 Å². The normalized spacial score (nSPS) is 18.2. The van der Waals surface area contributed by atoms with Crippen LogP contribution in [0.1, 0.15) is 13.8 Å². The third-order valence-corrected chi connectivity index (χ3v) is 2.21. The summed E-state index contributed by atoms with van der Waals surface area (Å²) in [7, 11) is 0. The number of amides is 1. The Morgan fingerprint density at radius 2 is 2.15 bits per heavy atom. The SMILES string of the molecule is CC1(C)C(=O)Nc2ccnc(=O)n21. The van der Waals surface area contributed by atoms with Crippen molar-refractivity contribution in [2.24, 2.45) is 0 Å². The van der Waals surface area contributed by atoms with Crippen LogP contribution in [0, 0.1) is 0 Å². The summed E-state index contributed by atoms with van der Waals surface area (Å²) in [6.45, 7) is 3.36. The molecule has 0 bridgehead atoms. The molecule has 0 spiro atoms. The summed E-state index contributed by atoms with van der Waals surface area (Å²) in [5.74, 6) is 0.326. The molecule has 0 saturated heterocycles. The van der Waals surface area contributed by atoms with Crippen LogP contribution in [0.15, 0.2) is 17.1 Å². The Labute approximate surface area is 74.4 Å². The highest BCUT2D eigenvalue weighted by Crippen LogP contribution is 2.25. The average molecular weight is 179 g/mol. The molecule has 1 aliphatic rings. The van der Waals surface area contributed by atoms with E-state index < -0.39 is 11.2 Å². The van der Waals surface area contributed by atoms with Gasteiger partial charge >= 0.3 is 5.69 Å². The molecule has 1 N–H and O–H groups in total. The van der Waals surface area contributed by atoms with Crippen molar-refractivity contribution in [3.8, 4) is 0 Å². The number of hydrogen-bond donors (Lipinski definition) is 1. The first kappa shape index (κ1) is 7.97. The molecule has 2 heterocycles. The van der Waals surface area contributed by atoms with Gasteiger partial charge in [0.2, 0.25) is 0 Å². The van der Waals surface area contributed by atoms with Crippen molar-refractivity contribution in [2.45, 2.75) is 19.4 Å². The first-order chi connectivity index (χ1) is 6.03. The molecule has 1 amide bonds. The molecule has 2 rings (SSSR count). The molecule has 0 unspecified atom stereocenters. The lowest BCUT2D eigenvalue weighted by Gasteiger charge is -2.16. The maximum Gasteiger partial charge on any atom is 0.350 e. The van der Waals surface area contributed by atoms with E-state index in [1.54, 1.807) is 19.9 Å². The Bertz CT molecular complexity index is 433. The van der Waals surface area contributed by atoms with Gasteiger partial charge in [0.25, 0.3) is 5.91 Å². The van der Waals surface area contributed by atoms with Crippen LogP contribution in [0.25, 0.3) is 0 Å². The van der Waals surface area contributed by atoms with Gasteiger partial charge in [-0.3, -0.25) is 9.36 Å². The van der Waals surface area contributed by atoms with Crippen molar-refractivity contribution in [3.63, 3.8) is 0 Å². The second-order valence-corrected chi connectivity index (χ2v) is 3.46. The zero-order chi connectivity index (χ0) is 9.64. The first-order valence-corrected chi connectivity index (χ1v) is 3.93. The van der Waals surface area contributed by atoms with E-state index in [2.05, 4.69) is 10.3 Å². The van der Waals surface area contributed by atoms with Gasteiger partial charge in [-0.25, -0.2) is 9.78 Å². The van der Waals surface area contributed by atoms with Crippen LogP contribution in [0.2, 0.25) is 0 Å². The lowest BCUT2D eigenvalue weighted by molar-refractivity contribution is -0.121. The van der Waals surface area contributed by atoms with E-state index >= 15 is 0 Å². The minimum absolute atomic E-state index is 0.183. The van der Waals surface area contributed by atoms with Gasteiger partial charge in [-0.1, -0.05) is 0 Å². The van der Waals surface area contributed by atoms with Crippen LogP contribution in [-0.2, 0) is 10.3 Å². The topological polar surface area (TPSA) is 64.0 Å². The van der Waals surface area contributed by atoms with Gasteiger partial charge < -0.3 is 5.32 Å². The van der Waals surface area contributed by atoms with E-state index in [4.69, 9.17) is 0 Å². The van der Waals surface area contributed by atoms with Crippen molar-refractivity contribution >= 4 is 11.7 Å². The summed E-state index contributed by atoms with van der Waals surface area (Å²) in [5.41, 5.74) is -1.23. The third kappa shape index (κ3) is 0.898.